The van der Waals surface area contributed by atoms with Crippen LogP contribution in [0.15, 0.2) is 35.9 Å². The van der Waals surface area contributed by atoms with Crippen LogP contribution in [0.25, 0.3) is 11.1 Å². The van der Waals surface area contributed by atoms with Crippen LogP contribution in [0.1, 0.15) is 57.5 Å². The number of anilines is 1. The summed E-state index contributed by atoms with van der Waals surface area (Å²) in [6, 6.07) is 8.92. The number of ether oxygens (including phenoxy) is 2. The van der Waals surface area contributed by atoms with Gasteiger partial charge in [-0.15, -0.1) is 11.3 Å². The second kappa shape index (κ2) is 10.8. The van der Waals surface area contributed by atoms with Crippen LogP contribution in [-0.4, -0.2) is 41.2 Å². The van der Waals surface area contributed by atoms with Crippen LogP contribution in [0.4, 0.5) is 5.69 Å². The highest BCUT2D eigenvalue weighted by Gasteiger charge is 2.35. The molecule has 202 valence electrons. The van der Waals surface area contributed by atoms with Crippen molar-refractivity contribution in [3.05, 3.63) is 68.9 Å². The van der Waals surface area contributed by atoms with E-state index < -0.39 is 11.8 Å². The van der Waals surface area contributed by atoms with E-state index in [1.54, 1.807) is 41.7 Å². The molecule has 0 saturated carbocycles. The van der Waals surface area contributed by atoms with E-state index in [1.807, 2.05) is 31.4 Å². The van der Waals surface area contributed by atoms with Crippen molar-refractivity contribution in [2.45, 2.75) is 46.5 Å². The number of hydrogen-bond acceptors (Lipinski definition) is 7. The van der Waals surface area contributed by atoms with Crippen LogP contribution < -0.4 is 15.0 Å². The van der Waals surface area contributed by atoms with Gasteiger partial charge >= 0.3 is 5.97 Å². The van der Waals surface area contributed by atoms with E-state index in [0.29, 0.717) is 29.2 Å². The number of esters is 1. The topological polar surface area (TPSA) is 89.9 Å². The highest BCUT2D eigenvalue weighted by molar-refractivity contribution is 7.80. The Labute approximate surface area is 236 Å². The molecular weight excluding hydrogens is 534 g/mol. The zero-order valence-corrected chi connectivity index (χ0v) is 23.9. The number of aryl methyl sites for hydroxylation is 2. The van der Waals surface area contributed by atoms with Crippen molar-refractivity contribution in [2.24, 2.45) is 0 Å². The van der Waals surface area contributed by atoms with Gasteiger partial charge in [-0.25, -0.2) is 4.79 Å². The van der Waals surface area contributed by atoms with Crippen molar-refractivity contribution in [3.8, 4) is 10.8 Å². The molecule has 39 heavy (non-hydrogen) atoms. The number of carbonyl (C=O) groups excluding carboxylic acids is 3. The summed E-state index contributed by atoms with van der Waals surface area (Å²) < 4.78 is 12.8. The standard InChI is InChI=1S/C29H29N3O5S2/c1-5-37-20-10-8-9-19(15-20)32-26(34)22(25(33)30-29(32)38)14-18-13-16(2)31(17(18)3)27-24(28(35)36-4)21-11-6-7-12-23(21)39-27/h8-10,13-15H,5-7,11-12H2,1-4H3,(H,30,33,38)/b22-14+. The van der Waals surface area contributed by atoms with Gasteiger partial charge in [-0.1, -0.05) is 6.07 Å². The van der Waals surface area contributed by atoms with E-state index in [0.717, 1.165) is 47.6 Å². The number of rotatable bonds is 6. The minimum absolute atomic E-state index is 0.00755. The first kappa shape index (κ1) is 26.8. The molecule has 1 saturated heterocycles. The smallest absolute Gasteiger partial charge is 0.341 e. The number of aromatic nitrogens is 1. The summed E-state index contributed by atoms with van der Waals surface area (Å²) in [5.74, 6) is -0.841. The summed E-state index contributed by atoms with van der Waals surface area (Å²) in [5.41, 5.74) is 4.52. The molecule has 0 spiro atoms. The van der Waals surface area contributed by atoms with Gasteiger partial charge in [-0.2, -0.15) is 0 Å². The largest absolute Gasteiger partial charge is 0.494 e. The van der Waals surface area contributed by atoms with E-state index in [1.165, 1.54) is 16.9 Å². The van der Waals surface area contributed by atoms with Crippen LogP contribution in [0.5, 0.6) is 5.75 Å². The molecule has 5 rings (SSSR count). The van der Waals surface area contributed by atoms with Gasteiger partial charge in [0.1, 0.15) is 16.3 Å². The SMILES string of the molecule is CCOc1cccc(N2C(=O)/C(=C/c3cc(C)n(-c4sc5c(c4C(=O)OC)CCCC5)c3C)C(=O)NC2=S)c1. The number of carbonyl (C=O) groups is 3. The Bertz CT molecular complexity index is 1550. The minimum Gasteiger partial charge on any atom is -0.494 e. The second-order valence-electron chi connectivity index (χ2n) is 9.43. The molecule has 0 bridgehead atoms. The van der Waals surface area contributed by atoms with Gasteiger partial charge in [0, 0.05) is 22.3 Å². The van der Waals surface area contributed by atoms with Crippen LogP contribution in [0.3, 0.4) is 0 Å². The fraction of sp³-hybridized carbons (Fsp3) is 0.310. The Morgan fingerprint density at radius 1 is 1.18 bits per heavy atom. The van der Waals surface area contributed by atoms with E-state index in [9.17, 15) is 14.4 Å². The molecule has 10 heteroatoms. The highest BCUT2D eigenvalue weighted by Crippen LogP contribution is 2.39. The average Bonchev–Trinajstić information content (AvgIpc) is 3.42. The number of nitrogens with one attached hydrogen (secondary N) is 1. The molecule has 8 nitrogen and oxygen atoms in total. The maximum Gasteiger partial charge on any atom is 0.341 e. The van der Waals surface area contributed by atoms with Crippen LogP contribution in [0, 0.1) is 13.8 Å². The fourth-order valence-corrected chi connectivity index (χ4v) is 6.96. The number of methoxy groups -OCH3 is 1. The van der Waals surface area contributed by atoms with Crippen molar-refractivity contribution in [1.82, 2.24) is 9.88 Å². The summed E-state index contributed by atoms with van der Waals surface area (Å²) in [7, 11) is 1.40. The van der Waals surface area contributed by atoms with Crippen molar-refractivity contribution < 1.29 is 23.9 Å². The molecule has 1 aromatic carbocycles. The Morgan fingerprint density at radius 3 is 2.69 bits per heavy atom. The fourth-order valence-electron chi connectivity index (χ4n) is 5.19. The molecule has 2 aliphatic rings. The number of fused-ring (bicyclic) bond motifs is 1. The minimum atomic E-state index is -0.561. The first-order chi connectivity index (χ1) is 18.7. The van der Waals surface area contributed by atoms with Crippen molar-refractivity contribution in [2.75, 3.05) is 18.6 Å². The molecule has 1 aliphatic carbocycles. The third kappa shape index (κ3) is 4.79. The van der Waals surface area contributed by atoms with Gasteiger partial charge in [0.25, 0.3) is 11.8 Å². The molecule has 2 amide bonds. The van der Waals surface area contributed by atoms with E-state index >= 15 is 0 Å². The number of thiophene rings is 1. The Kier molecular flexibility index (Phi) is 7.42. The summed E-state index contributed by atoms with van der Waals surface area (Å²) >= 11 is 6.96. The molecule has 2 aromatic heterocycles. The number of benzene rings is 1. The van der Waals surface area contributed by atoms with Crippen LogP contribution >= 0.6 is 23.6 Å². The van der Waals surface area contributed by atoms with Gasteiger partial charge < -0.3 is 14.0 Å². The van der Waals surface area contributed by atoms with Crippen LogP contribution in [-0.2, 0) is 27.2 Å². The maximum absolute atomic E-state index is 13.6. The summed E-state index contributed by atoms with van der Waals surface area (Å²) in [6.07, 6.45) is 5.51. The lowest BCUT2D eigenvalue weighted by Crippen LogP contribution is -2.54. The lowest BCUT2D eigenvalue weighted by molar-refractivity contribution is -0.122. The maximum atomic E-state index is 13.6. The molecule has 0 atom stereocenters. The van der Waals surface area contributed by atoms with Gasteiger partial charge in [0.2, 0.25) is 0 Å². The molecule has 3 aromatic rings. The molecule has 1 fully saturated rings. The number of hydrogen-bond donors (Lipinski definition) is 1. The predicted molar refractivity (Wildman–Crippen MR) is 155 cm³/mol. The average molecular weight is 564 g/mol. The highest BCUT2D eigenvalue weighted by atomic mass is 32.1. The van der Waals surface area contributed by atoms with E-state index in [2.05, 4.69) is 5.32 Å². The van der Waals surface area contributed by atoms with Crippen LogP contribution in [0.2, 0.25) is 0 Å². The van der Waals surface area contributed by atoms with Gasteiger partial charge in [0.05, 0.1) is 25.0 Å². The Morgan fingerprint density at radius 2 is 1.95 bits per heavy atom. The molecule has 0 radical (unpaired) electrons. The van der Waals surface area contributed by atoms with Gasteiger partial charge in [0.15, 0.2) is 5.11 Å². The summed E-state index contributed by atoms with van der Waals surface area (Å²) in [5, 5.41) is 3.46. The van der Waals surface area contributed by atoms with E-state index in [4.69, 9.17) is 21.7 Å². The molecule has 1 N–H and O–H groups in total. The second-order valence-corrected chi connectivity index (χ2v) is 10.9. The zero-order valence-electron chi connectivity index (χ0n) is 22.3. The molecular formula is C29H29N3O5S2. The Balaban J connectivity index is 1.57. The Hall–Kier alpha value is -3.76. The first-order valence-corrected chi connectivity index (χ1v) is 14.0. The van der Waals surface area contributed by atoms with Gasteiger partial charge in [-0.05, 0) is 94.1 Å². The van der Waals surface area contributed by atoms with Crippen molar-refractivity contribution >= 4 is 58.2 Å². The lowest BCUT2D eigenvalue weighted by Gasteiger charge is -2.29. The summed E-state index contributed by atoms with van der Waals surface area (Å²) in [4.78, 5) is 41.9. The quantitative estimate of drug-likeness (QED) is 0.195. The van der Waals surface area contributed by atoms with Crippen molar-refractivity contribution in [1.29, 1.82) is 0 Å². The first-order valence-electron chi connectivity index (χ1n) is 12.8. The summed E-state index contributed by atoms with van der Waals surface area (Å²) in [6.45, 7) is 6.21. The monoisotopic (exact) mass is 563 g/mol. The number of nitrogens with zero attached hydrogens (tertiary/aromatic N) is 2. The third-order valence-electron chi connectivity index (χ3n) is 7.00. The molecule has 0 unspecified atom stereocenters. The molecule has 3 heterocycles. The zero-order chi connectivity index (χ0) is 27.8. The lowest BCUT2D eigenvalue weighted by atomic mass is 9.95. The number of amides is 2. The van der Waals surface area contributed by atoms with Crippen molar-refractivity contribution in [3.63, 3.8) is 0 Å². The normalized spacial score (nSPS) is 16.4. The van der Waals surface area contributed by atoms with Gasteiger partial charge in [-0.3, -0.25) is 19.8 Å². The predicted octanol–water partition coefficient (Wildman–Crippen LogP) is 5.05. The number of thiocarbonyl (C=S) groups is 1. The van der Waals surface area contributed by atoms with E-state index in [-0.39, 0.29) is 16.7 Å². The third-order valence-corrected chi connectivity index (χ3v) is 8.57. The molecule has 1 aliphatic heterocycles.